The smallest absolute Gasteiger partial charge is 0.262 e. The van der Waals surface area contributed by atoms with E-state index in [-0.39, 0.29) is 41.7 Å². The molecule has 314 valence electrons. The largest absolute Gasteiger partial charge is 0.489 e. The van der Waals surface area contributed by atoms with Crippen molar-refractivity contribution in [2.75, 3.05) is 55.6 Å². The summed E-state index contributed by atoms with van der Waals surface area (Å²) in [7, 11) is 0. The fraction of sp³-hybridized carbons (Fsp3) is 0.477. The zero-order chi connectivity index (χ0) is 42.7. The van der Waals surface area contributed by atoms with Crippen LogP contribution >= 0.6 is 11.6 Å². The third kappa shape index (κ3) is 7.44. The summed E-state index contributed by atoms with van der Waals surface area (Å²) in [5, 5.41) is 14.8. The number of nitrogens with one attached hydrogen (secondary N) is 2. The van der Waals surface area contributed by atoms with E-state index in [1.807, 2.05) is 44.7 Å². The molecule has 0 radical (unpaired) electrons. The molecule has 8 rings (SSSR count). The molecule has 60 heavy (non-hydrogen) atoms. The maximum atomic E-state index is 15.6. The number of pyridine rings is 1. The van der Waals surface area contributed by atoms with Gasteiger partial charge in [0.1, 0.15) is 35.6 Å². The molecule has 16 heteroatoms. The van der Waals surface area contributed by atoms with Crippen molar-refractivity contribution in [3.05, 3.63) is 81.8 Å². The van der Waals surface area contributed by atoms with E-state index in [0.717, 1.165) is 56.2 Å². The summed E-state index contributed by atoms with van der Waals surface area (Å²) in [4.78, 5) is 76.2. The molecule has 4 fully saturated rings. The molecule has 2 N–H and O–H groups in total. The van der Waals surface area contributed by atoms with Gasteiger partial charge in [-0.1, -0.05) is 39.3 Å². The number of rotatable bonds is 9. The van der Waals surface area contributed by atoms with Crippen LogP contribution in [0.2, 0.25) is 5.02 Å². The van der Waals surface area contributed by atoms with Crippen molar-refractivity contribution in [2.45, 2.75) is 71.6 Å². The van der Waals surface area contributed by atoms with Gasteiger partial charge in [0, 0.05) is 93.1 Å². The van der Waals surface area contributed by atoms with Gasteiger partial charge in [0.05, 0.1) is 27.3 Å². The summed E-state index contributed by atoms with van der Waals surface area (Å²) in [5.74, 6) is -1.73. The molecule has 1 atom stereocenters. The topological polar surface area (TPSA) is 168 Å². The molecule has 4 aliphatic heterocycles. The molecular formula is C44H48ClFN8O6. The second-order valence-electron chi connectivity index (χ2n) is 17.7. The Morgan fingerprint density at radius 1 is 0.933 bits per heavy atom. The number of imide groups is 2. The van der Waals surface area contributed by atoms with Gasteiger partial charge in [-0.2, -0.15) is 5.26 Å². The van der Waals surface area contributed by atoms with Gasteiger partial charge in [0.15, 0.2) is 0 Å². The molecule has 0 bridgehead atoms. The van der Waals surface area contributed by atoms with Crippen molar-refractivity contribution < 1.29 is 33.1 Å². The van der Waals surface area contributed by atoms with Crippen LogP contribution in [0.1, 0.15) is 90.0 Å². The maximum absolute atomic E-state index is 15.6. The number of nitrogens with zero attached hydrogens (tertiary/aromatic N) is 6. The highest BCUT2D eigenvalue weighted by Gasteiger charge is 2.64. The summed E-state index contributed by atoms with van der Waals surface area (Å²) in [6, 6.07) is 12.2. The van der Waals surface area contributed by atoms with Crippen LogP contribution in [-0.4, -0.2) is 108 Å². The van der Waals surface area contributed by atoms with Crippen LogP contribution in [0.4, 0.5) is 15.9 Å². The number of aromatic nitrogens is 1. The van der Waals surface area contributed by atoms with Crippen molar-refractivity contribution in [1.29, 1.82) is 5.26 Å². The average Bonchev–Trinajstić information content (AvgIpc) is 3.47. The minimum absolute atomic E-state index is 0.0747. The standard InChI is InChI=1S/C44H48ClFN8O6/c1-43(2)41(44(3,4)42(43)60-28-7-5-26(22-47)32(45)20-28)50-37(56)31-23-48-35(21-33(31)46)53-17-15-51(16-18-53)24-25-11-13-52(14-12-25)27-6-8-29-30(19-27)40(59)54(39(29)58)34-9-10-36(55)49-38(34)57/h5-8,19-21,23,25,34,41-42H,9-18,24H2,1-4H3,(H,50,56)(H,49,55,57)/t34?,41-,42-. The number of piperazine rings is 1. The summed E-state index contributed by atoms with van der Waals surface area (Å²) in [6.45, 7) is 13.4. The zero-order valence-corrected chi connectivity index (χ0v) is 34.9. The Labute approximate surface area is 353 Å². The Balaban J connectivity index is 0.804. The van der Waals surface area contributed by atoms with Crippen LogP contribution in [0.3, 0.4) is 0 Å². The number of nitriles is 1. The number of hydrogen-bond acceptors (Lipinski definition) is 11. The fourth-order valence-corrected chi connectivity index (χ4v) is 10.3. The first kappa shape index (κ1) is 41.2. The molecule has 1 unspecified atom stereocenters. The molecular weight excluding hydrogens is 791 g/mol. The lowest BCUT2D eigenvalue weighted by atomic mass is 9.49. The van der Waals surface area contributed by atoms with Gasteiger partial charge >= 0.3 is 0 Å². The highest BCUT2D eigenvalue weighted by atomic mass is 35.5. The molecule has 5 amide bonds. The summed E-state index contributed by atoms with van der Waals surface area (Å²) >= 11 is 6.23. The average molecular weight is 839 g/mol. The maximum Gasteiger partial charge on any atom is 0.262 e. The highest BCUT2D eigenvalue weighted by molar-refractivity contribution is 6.31. The predicted octanol–water partition coefficient (Wildman–Crippen LogP) is 4.80. The zero-order valence-electron chi connectivity index (χ0n) is 34.1. The molecule has 0 spiro atoms. The van der Waals surface area contributed by atoms with E-state index in [1.165, 1.54) is 12.3 Å². The van der Waals surface area contributed by atoms with E-state index in [9.17, 15) is 29.2 Å². The minimum Gasteiger partial charge on any atom is -0.489 e. The fourth-order valence-electron chi connectivity index (χ4n) is 10.1. The number of piperidine rings is 2. The SMILES string of the molecule is CC1(C)[C@H](NC(=O)c2cnc(N3CCN(CC4CCN(c5ccc6c(c5)C(=O)N(C5CCC(=O)NC5=O)C6=O)CC4)CC3)cc2F)C(C)(C)[C@H]1Oc1ccc(C#N)c(Cl)c1. The quantitative estimate of drug-likeness (QED) is 0.284. The second kappa shape index (κ2) is 15.8. The number of hydrogen-bond donors (Lipinski definition) is 2. The first-order chi connectivity index (χ1) is 28.6. The van der Waals surface area contributed by atoms with Crippen molar-refractivity contribution in [3.63, 3.8) is 0 Å². The Bertz CT molecular complexity index is 2300. The third-order valence-corrected chi connectivity index (χ3v) is 13.4. The number of benzene rings is 2. The van der Waals surface area contributed by atoms with E-state index < -0.39 is 52.2 Å². The molecule has 3 saturated heterocycles. The van der Waals surface area contributed by atoms with Gasteiger partial charge in [-0.25, -0.2) is 9.37 Å². The summed E-state index contributed by atoms with van der Waals surface area (Å²) in [6.07, 6.45) is 3.12. The van der Waals surface area contributed by atoms with Crippen LogP contribution in [-0.2, 0) is 9.59 Å². The Morgan fingerprint density at radius 2 is 1.63 bits per heavy atom. The molecule has 5 heterocycles. The van der Waals surface area contributed by atoms with Crippen molar-refractivity contribution in [3.8, 4) is 11.8 Å². The number of carbonyl (C=O) groups excluding carboxylic acids is 5. The van der Waals surface area contributed by atoms with E-state index in [2.05, 4.69) is 25.4 Å². The number of ether oxygens (including phenoxy) is 1. The molecule has 1 aromatic heterocycles. The monoisotopic (exact) mass is 838 g/mol. The van der Waals surface area contributed by atoms with Crippen LogP contribution in [0.25, 0.3) is 0 Å². The van der Waals surface area contributed by atoms with E-state index in [0.29, 0.717) is 41.2 Å². The van der Waals surface area contributed by atoms with E-state index in [4.69, 9.17) is 16.3 Å². The molecule has 1 saturated carbocycles. The second-order valence-corrected chi connectivity index (χ2v) is 18.1. The van der Waals surface area contributed by atoms with Crippen LogP contribution in [0, 0.1) is 33.9 Å². The van der Waals surface area contributed by atoms with Gasteiger partial charge in [0.2, 0.25) is 11.8 Å². The normalized spacial score (nSPS) is 24.1. The minimum atomic E-state index is -0.994. The molecule has 5 aliphatic rings. The summed E-state index contributed by atoms with van der Waals surface area (Å²) < 4.78 is 21.9. The van der Waals surface area contributed by atoms with Crippen LogP contribution < -0.4 is 25.2 Å². The van der Waals surface area contributed by atoms with Crippen molar-refractivity contribution in [1.82, 2.24) is 25.4 Å². The third-order valence-electron chi connectivity index (χ3n) is 13.1. The molecule has 14 nitrogen and oxygen atoms in total. The first-order valence-corrected chi connectivity index (χ1v) is 20.8. The first-order valence-electron chi connectivity index (χ1n) is 20.5. The molecule has 2 aromatic carbocycles. The van der Waals surface area contributed by atoms with E-state index >= 15 is 4.39 Å². The predicted molar refractivity (Wildman–Crippen MR) is 220 cm³/mol. The Hall–Kier alpha value is -5.59. The number of fused-ring (bicyclic) bond motifs is 1. The van der Waals surface area contributed by atoms with Crippen molar-refractivity contribution >= 4 is 52.6 Å². The van der Waals surface area contributed by atoms with Crippen LogP contribution in [0.15, 0.2) is 48.7 Å². The highest BCUT2D eigenvalue weighted by Crippen LogP contribution is 2.55. The lowest BCUT2D eigenvalue weighted by Crippen LogP contribution is -2.74. The van der Waals surface area contributed by atoms with Gasteiger partial charge in [-0.15, -0.1) is 0 Å². The Kier molecular flexibility index (Phi) is 10.8. The van der Waals surface area contributed by atoms with Gasteiger partial charge < -0.3 is 19.9 Å². The van der Waals surface area contributed by atoms with Crippen molar-refractivity contribution in [2.24, 2.45) is 16.7 Å². The van der Waals surface area contributed by atoms with Crippen LogP contribution in [0.5, 0.6) is 5.75 Å². The molecule has 3 aromatic rings. The number of anilines is 2. The van der Waals surface area contributed by atoms with Gasteiger partial charge in [-0.05, 0) is 55.5 Å². The van der Waals surface area contributed by atoms with Gasteiger partial charge in [0.25, 0.3) is 17.7 Å². The number of carbonyl (C=O) groups is 5. The molecule has 1 aliphatic carbocycles. The lowest BCUT2D eigenvalue weighted by Gasteiger charge is -2.63. The van der Waals surface area contributed by atoms with Gasteiger partial charge in [-0.3, -0.25) is 39.1 Å². The number of halogens is 2. The van der Waals surface area contributed by atoms with E-state index in [1.54, 1.807) is 30.3 Å². The Morgan fingerprint density at radius 3 is 2.28 bits per heavy atom. The number of amides is 5. The lowest BCUT2D eigenvalue weighted by molar-refractivity contribution is -0.164. The summed E-state index contributed by atoms with van der Waals surface area (Å²) in [5.41, 5.74) is 0.647.